The molecule has 0 bridgehead atoms. The van der Waals surface area contributed by atoms with E-state index < -0.39 is 0 Å². The van der Waals surface area contributed by atoms with E-state index in [2.05, 4.69) is 12.2 Å². The number of carbonyl (C=O) groups is 1. The SMILES string of the molecule is CC1CCCCC1NC(=O)CSc1ccc(Cl)cc1N. The summed E-state index contributed by atoms with van der Waals surface area (Å²) in [7, 11) is 0. The van der Waals surface area contributed by atoms with Crippen molar-refractivity contribution in [1.82, 2.24) is 5.32 Å². The van der Waals surface area contributed by atoms with Gasteiger partial charge in [-0.1, -0.05) is 31.4 Å². The van der Waals surface area contributed by atoms with Gasteiger partial charge < -0.3 is 11.1 Å². The zero-order valence-corrected chi connectivity index (χ0v) is 13.3. The van der Waals surface area contributed by atoms with Gasteiger partial charge in [0.1, 0.15) is 0 Å². The van der Waals surface area contributed by atoms with Crippen molar-refractivity contribution in [3.05, 3.63) is 23.2 Å². The number of benzene rings is 1. The Morgan fingerprint density at radius 3 is 2.90 bits per heavy atom. The molecule has 1 amide bonds. The van der Waals surface area contributed by atoms with Gasteiger partial charge in [0.05, 0.1) is 5.75 Å². The number of nitrogens with one attached hydrogen (secondary N) is 1. The second-order valence-corrected chi connectivity index (χ2v) is 6.86. The van der Waals surface area contributed by atoms with Crippen LogP contribution in [0.25, 0.3) is 0 Å². The maximum atomic E-state index is 12.0. The number of amides is 1. The smallest absolute Gasteiger partial charge is 0.230 e. The Morgan fingerprint density at radius 1 is 1.45 bits per heavy atom. The quantitative estimate of drug-likeness (QED) is 0.658. The lowest BCUT2D eigenvalue weighted by molar-refractivity contribution is -0.119. The average Bonchev–Trinajstić information content (AvgIpc) is 2.40. The maximum absolute atomic E-state index is 12.0. The normalized spacial score (nSPS) is 22.5. The van der Waals surface area contributed by atoms with Gasteiger partial charge in [-0.3, -0.25) is 4.79 Å². The molecular formula is C15H21ClN2OS. The Hall–Kier alpha value is -0.870. The van der Waals surface area contributed by atoms with Gasteiger partial charge in [0.15, 0.2) is 0 Å². The van der Waals surface area contributed by atoms with Crippen LogP contribution in [0, 0.1) is 5.92 Å². The van der Waals surface area contributed by atoms with E-state index in [1.807, 2.05) is 6.07 Å². The molecule has 1 aliphatic carbocycles. The molecule has 3 nitrogen and oxygen atoms in total. The van der Waals surface area contributed by atoms with Crippen LogP contribution < -0.4 is 11.1 Å². The minimum absolute atomic E-state index is 0.0862. The highest BCUT2D eigenvalue weighted by molar-refractivity contribution is 8.00. The van der Waals surface area contributed by atoms with Gasteiger partial charge in [0.25, 0.3) is 0 Å². The molecule has 5 heteroatoms. The van der Waals surface area contributed by atoms with Crippen molar-refractivity contribution in [3.63, 3.8) is 0 Å². The fourth-order valence-corrected chi connectivity index (χ4v) is 3.51. The molecule has 0 aromatic heterocycles. The van der Waals surface area contributed by atoms with E-state index in [1.165, 1.54) is 31.0 Å². The summed E-state index contributed by atoms with van der Waals surface area (Å²) in [5.74, 6) is 1.07. The van der Waals surface area contributed by atoms with Crippen LogP contribution in [0.5, 0.6) is 0 Å². The van der Waals surface area contributed by atoms with Gasteiger partial charge in [-0.2, -0.15) is 0 Å². The van der Waals surface area contributed by atoms with E-state index in [0.29, 0.717) is 28.4 Å². The van der Waals surface area contributed by atoms with Crippen LogP contribution in [-0.2, 0) is 4.79 Å². The summed E-state index contributed by atoms with van der Waals surface area (Å²) in [6, 6.07) is 5.70. The third-order valence-corrected chi connectivity index (χ3v) is 5.11. The molecular weight excluding hydrogens is 292 g/mol. The van der Waals surface area contributed by atoms with Crippen LogP contribution >= 0.6 is 23.4 Å². The Bertz CT molecular complexity index is 481. The van der Waals surface area contributed by atoms with Crippen LogP contribution in [0.2, 0.25) is 5.02 Å². The molecule has 1 aliphatic rings. The first-order chi connectivity index (χ1) is 9.56. The maximum Gasteiger partial charge on any atom is 0.230 e. The standard InChI is InChI=1S/C15H21ClN2OS/c1-10-4-2-3-5-13(10)18-15(19)9-20-14-7-6-11(16)8-12(14)17/h6-8,10,13H,2-5,9,17H2,1H3,(H,18,19). The fraction of sp³-hybridized carbons (Fsp3) is 0.533. The first kappa shape index (κ1) is 15.5. The highest BCUT2D eigenvalue weighted by Crippen LogP contribution is 2.28. The summed E-state index contributed by atoms with van der Waals surface area (Å²) in [6.45, 7) is 2.22. The second-order valence-electron chi connectivity index (χ2n) is 5.41. The predicted molar refractivity (Wildman–Crippen MR) is 86.2 cm³/mol. The van der Waals surface area contributed by atoms with Crippen molar-refractivity contribution in [2.45, 2.75) is 43.5 Å². The number of rotatable bonds is 4. The summed E-state index contributed by atoms with van der Waals surface area (Å²) in [5.41, 5.74) is 6.50. The molecule has 2 rings (SSSR count). The molecule has 3 N–H and O–H groups in total. The van der Waals surface area contributed by atoms with Crippen LogP contribution in [0.3, 0.4) is 0 Å². The molecule has 0 spiro atoms. The molecule has 2 unspecified atom stereocenters. The number of nitrogens with two attached hydrogens (primary N) is 1. The molecule has 0 aliphatic heterocycles. The van der Waals surface area contributed by atoms with E-state index in [0.717, 1.165) is 11.3 Å². The Balaban J connectivity index is 1.82. The topological polar surface area (TPSA) is 55.1 Å². The minimum Gasteiger partial charge on any atom is -0.398 e. The lowest BCUT2D eigenvalue weighted by Crippen LogP contribution is -2.41. The lowest BCUT2D eigenvalue weighted by Gasteiger charge is -2.29. The average molecular weight is 313 g/mol. The van der Waals surface area contributed by atoms with E-state index in [1.54, 1.807) is 12.1 Å². The number of thioether (sulfide) groups is 1. The van der Waals surface area contributed by atoms with Crippen molar-refractivity contribution >= 4 is 35.0 Å². The molecule has 1 fully saturated rings. The molecule has 0 heterocycles. The fourth-order valence-electron chi connectivity index (χ4n) is 2.57. The van der Waals surface area contributed by atoms with Crippen LogP contribution in [0.4, 0.5) is 5.69 Å². The molecule has 2 atom stereocenters. The van der Waals surface area contributed by atoms with Crippen LogP contribution in [0.15, 0.2) is 23.1 Å². The number of nitrogen functional groups attached to an aromatic ring is 1. The molecule has 1 aromatic rings. The zero-order chi connectivity index (χ0) is 14.5. The van der Waals surface area contributed by atoms with Gasteiger partial charge in [0.2, 0.25) is 5.91 Å². The van der Waals surface area contributed by atoms with Gasteiger partial charge in [-0.05, 0) is 37.0 Å². The Kier molecular flexibility index (Phi) is 5.61. The summed E-state index contributed by atoms with van der Waals surface area (Å²) in [4.78, 5) is 12.9. The van der Waals surface area contributed by atoms with E-state index >= 15 is 0 Å². The number of anilines is 1. The molecule has 0 saturated heterocycles. The number of hydrogen-bond donors (Lipinski definition) is 2. The first-order valence-electron chi connectivity index (χ1n) is 7.03. The Labute approximate surface area is 129 Å². The molecule has 1 saturated carbocycles. The first-order valence-corrected chi connectivity index (χ1v) is 8.40. The number of halogens is 1. The third kappa shape index (κ3) is 4.32. The van der Waals surface area contributed by atoms with E-state index in [-0.39, 0.29) is 5.91 Å². The summed E-state index contributed by atoms with van der Waals surface area (Å²) < 4.78 is 0. The van der Waals surface area contributed by atoms with E-state index in [4.69, 9.17) is 17.3 Å². The minimum atomic E-state index is 0.0862. The van der Waals surface area contributed by atoms with E-state index in [9.17, 15) is 4.79 Å². The van der Waals surface area contributed by atoms with Crippen molar-refractivity contribution in [2.24, 2.45) is 5.92 Å². The van der Waals surface area contributed by atoms with Crippen molar-refractivity contribution in [1.29, 1.82) is 0 Å². The Morgan fingerprint density at radius 2 is 2.20 bits per heavy atom. The van der Waals surface area contributed by atoms with Crippen LogP contribution in [0.1, 0.15) is 32.6 Å². The largest absolute Gasteiger partial charge is 0.398 e. The van der Waals surface area contributed by atoms with Gasteiger partial charge in [-0.25, -0.2) is 0 Å². The summed E-state index contributed by atoms with van der Waals surface area (Å²) in [5, 5.41) is 3.76. The van der Waals surface area contributed by atoms with Crippen molar-refractivity contribution in [2.75, 3.05) is 11.5 Å². The lowest BCUT2D eigenvalue weighted by atomic mass is 9.86. The summed E-state index contributed by atoms with van der Waals surface area (Å²) >= 11 is 7.31. The van der Waals surface area contributed by atoms with Gasteiger partial charge in [0, 0.05) is 21.6 Å². The highest BCUT2D eigenvalue weighted by atomic mass is 35.5. The monoisotopic (exact) mass is 312 g/mol. The summed E-state index contributed by atoms with van der Waals surface area (Å²) in [6.07, 6.45) is 4.80. The number of carbonyl (C=O) groups excluding carboxylic acids is 1. The second kappa shape index (κ2) is 7.23. The molecule has 110 valence electrons. The third-order valence-electron chi connectivity index (χ3n) is 3.79. The predicted octanol–water partition coefficient (Wildman–Crippen LogP) is 3.71. The zero-order valence-electron chi connectivity index (χ0n) is 11.7. The van der Waals surface area contributed by atoms with Gasteiger partial charge in [-0.15, -0.1) is 11.8 Å². The molecule has 0 radical (unpaired) electrons. The van der Waals surface area contributed by atoms with Crippen LogP contribution in [-0.4, -0.2) is 17.7 Å². The van der Waals surface area contributed by atoms with Crippen molar-refractivity contribution in [3.8, 4) is 0 Å². The van der Waals surface area contributed by atoms with Gasteiger partial charge >= 0.3 is 0 Å². The number of hydrogen-bond acceptors (Lipinski definition) is 3. The van der Waals surface area contributed by atoms with Crippen molar-refractivity contribution < 1.29 is 4.79 Å². The molecule has 20 heavy (non-hydrogen) atoms. The molecule has 1 aromatic carbocycles. The highest BCUT2D eigenvalue weighted by Gasteiger charge is 2.22.